The SMILES string of the molecule is PC1CNC(P)C1. The summed E-state index contributed by atoms with van der Waals surface area (Å²) in [6.45, 7) is 1.17. The van der Waals surface area contributed by atoms with Crippen LogP contribution in [0.2, 0.25) is 0 Å². The number of hydrogen-bond acceptors (Lipinski definition) is 1. The Kier molecular flexibility index (Phi) is 2.04. The second kappa shape index (κ2) is 2.40. The number of nitrogens with one attached hydrogen (secondary N) is 1. The molecule has 3 heteroatoms. The lowest BCUT2D eigenvalue weighted by molar-refractivity contribution is 0.807. The minimum atomic E-state index is 0.669. The fraction of sp³-hybridized carbons (Fsp3) is 1.00. The van der Waals surface area contributed by atoms with Gasteiger partial charge in [0.05, 0.1) is 0 Å². The molecule has 1 rings (SSSR count). The summed E-state index contributed by atoms with van der Waals surface area (Å²) in [5.41, 5.74) is 0.808. The van der Waals surface area contributed by atoms with Crippen molar-refractivity contribution in [3.05, 3.63) is 0 Å². The molecule has 1 nitrogen and oxygen atoms in total. The van der Waals surface area contributed by atoms with E-state index in [2.05, 4.69) is 23.8 Å². The zero-order valence-electron chi connectivity index (χ0n) is 4.22. The molecule has 1 N–H and O–H groups in total. The highest BCUT2D eigenvalue weighted by molar-refractivity contribution is 7.19. The monoisotopic (exact) mass is 135 g/mol. The lowest BCUT2D eigenvalue weighted by Gasteiger charge is -1.96. The Morgan fingerprint density at radius 1 is 1.43 bits per heavy atom. The molecule has 0 aromatic rings. The van der Waals surface area contributed by atoms with Crippen LogP contribution in [0.15, 0.2) is 0 Å². The van der Waals surface area contributed by atoms with E-state index in [-0.39, 0.29) is 0 Å². The van der Waals surface area contributed by atoms with Crippen LogP contribution in [-0.2, 0) is 0 Å². The van der Waals surface area contributed by atoms with Gasteiger partial charge in [-0.25, -0.2) is 0 Å². The van der Waals surface area contributed by atoms with E-state index < -0.39 is 0 Å². The van der Waals surface area contributed by atoms with E-state index in [1.807, 2.05) is 0 Å². The molecule has 0 aliphatic carbocycles. The van der Waals surface area contributed by atoms with Crippen LogP contribution in [0.25, 0.3) is 0 Å². The fourth-order valence-electron chi connectivity index (χ4n) is 0.796. The molecule has 0 saturated carbocycles. The summed E-state index contributed by atoms with van der Waals surface area (Å²) < 4.78 is 0. The average Bonchev–Trinajstić information content (AvgIpc) is 1.87. The van der Waals surface area contributed by atoms with Crippen molar-refractivity contribution in [1.82, 2.24) is 5.32 Å². The topological polar surface area (TPSA) is 12.0 Å². The Balaban J connectivity index is 2.26. The molecule has 4 unspecified atom stereocenters. The minimum absolute atomic E-state index is 0.669. The molecule has 0 aromatic carbocycles. The highest BCUT2D eigenvalue weighted by Crippen LogP contribution is 2.17. The first-order valence-corrected chi connectivity index (χ1v) is 3.87. The van der Waals surface area contributed by atoms with Gasteiger partial charge in [-0.3, -0.25) is 0 Å². The van der Waals surface area contributed by atoms with E-state index in [0.29, 0.717) is 5.78 Å². The van der Waals surface area contributed by atoms with Crippen molar-refractivity contribution in [2.24, 2.45) is 0 Å². The van der Waals surface area contributed by atoms with Crippen molar-refractivity contribution in [3.63, 3.8) is 0 Å². The van der Waals surface area contributed by atoms with Gasteiger partial charge < -0.3 is 5.32 Å². The molecule has 42 valence electrons. The summed E-state index contributed by atoms with van der Waals surface area (Å²) in [6.07, 6.45) is 1.29. The first kappa shape index (κ1) is 5.95. The third-order valence-electron chi connectivity index (χ3n) is 1.20. The Morgan fingerprint density at radius 2 is 2.14 bits per heavy atom. The van der Waals surface area contributed by atoms with Crippen LogP contribution in [0, 0.1) is 0 Å². The normalized spacial score (nSPS) is 42.0. The van der Waals surface area contributed by atoms with Crippen molar-refractivity contribution >= 4 is 18.5 Å². The van der Waals surface area contributed by atoms with E-state index >= 15 is 0 Å². The van der Waals surface area contributed by atoms with E-state index in [1.165, 1.54) is 13.0 Å². The summed E-state index contributed by atoms with van der Waals surface area (Å²) in [4.78, 5) is 0. The first-order valence-electron chi connectivity index (χ1n) is 2.53. The number of rotatable bonds is 0. The molecule has 0 bridgehead atoms. The van der Waals surface area contributed by atoms with Gasteiger partial charge in [0.15, 0.2) is 0 Å². The quantitative estimate of drug-likeness (QED) is 0.475. The van der Waals surface area contributed by atoms with Crippen molar-refractivity contribution < 1.29 is 0 Å². The van der Waals surface area contributed by atoms with Gasteiger partial charge in [-0.05, 0) is 12.1 Å². The number of hydrogen-bond donors (Lipinski definition) is 1. The van der Waals surface area contributed by atoms with E-state index in [0.717, 1.165) is 5.66 Å². The van der Waals surface area contributed by atoms with Crippen LogP contribution in [0.1, 0.15) is 6.42 Å². The Labute approximate surface area is 49.0 Å². The van der Waals surface area contributed by atoms with Crippen LogP contribution >= 0.6 is 18.5 Å². The summed E-state index contributed by atoms with van der Waals surface area (Å²) in [7, 11) is 5.59. The third kappa shape index (κ3) is 1.64. The second-order valence-electron chi connectivity index (χ2n) is 2.01. The third-order valence-corrected chi connectivity index (χ3v) is 2.21. The van der Waals surface area contributed by atoms with Crippen LogP contribution in [0.5, 0.6) is 0 Å². The Morgan fingerprint density at radius 3 is 2.29 bits per heavy atom. The lowest BCUT2D eigenvalue weighted by atomic mass is 10.4. The highest BCUT2D eigenvalue weighted by atomic mass is 31.0. The molecule has 1 heterocycles. The summed E-state index contributed by atoms with van der Waals surface area (Å²) >= 11 is 0. The molecule has 0 spiro atoms. The molecule has 0 aromatic heterocycles. The average molecular weight is 135 g/mol. The van der Waals surface area contributed by atoms with Gasteiger partial charge in [-0.1, -0.05) is 0 Å². The molecule has 1 aliphatic rings. The predicted molar refractivity (Wildman–Crippen MR) is 39.6 cm³/mol. The minimum Gasteiger partial charge on any atom is -0.310 e. The zero-order valence-corrected chi connectivity index (χ0v) is 6.53. The van der Waals surface area contributed by atoms with Gasteiger partial charge in [0.1, 0.15) is 0 Å². The molecule has 1 fully saturated rings. The summed E-state index contributed by atoms with van der Waals surface area (Å²) in [6, 6.07) is 0. The van der Waals surface area contributed by atoms with E-state index in [1.54, 1.807) is 0 Å². The summed E-state index contributed by atoms with van der Waals surface area (Å²) in [5.74, 6) is 0.669. The molecular weight excluding hydrogens is 124 g/mol. The van der Waals surface area contributed by atoms with Gasteiger partial charge in [0, 0.05) is 12.3 Å². The molecular formula is C4H11NP2. The highest BCUT2D eigenvalue weighted by Gasteiger charge is 2.15. The zero-order chi connectivity index (χ0) is 5.28. The maximum absolute atomic E-state index is 3.31. The standard InChI is InChI=1S/C4H11NP2/c6-3-1-4(7)5-2-3/h3-5H,1-2,6-7H2. The summed E-state index contributed by atoms with van der Waals surface area (Å²) in [5, 5.41) is 3.31. The van der Waals surface area contributed by atoms with Crippen LogP contribution in [-0.4, -0.2) is 18.0 Å². The maximum atomic E-state index is 3.31. The molecule has 0 radical (unpaired) electrons. The first-order chi connectivity index (χ1) is 3.29. The van der Waals surface area contributed by atoms with Gasteiger partial charge in [-0.15, -0.1) is 18.5 Å². The Hall–Kier alpha value is 0.820. The smallest absolute Gasteiger partial charge is 0.0217 e. The van der Waals surface area contributed by atoms with Gasteiger partial charge >= 0.3 is 0 Å². The molecule has 1 saturated heterocycles. The predicted octanol–water partition coefficient (Wildman–Crippen LogP) is 0.425. The van der Waals surface area contributed by atoms with Crippen molar-refractivity contribution in [2.75, 3.05) is 6.54 Å². The van der Waals surface area contributed by atoms with Crippen LogP contribution in [0.4, 0.5) is 0 Å². The fourth-order valence-corrected chi connectivity index (χ4v) is 2.02. The van der Waals surface area contributed by atoms with Crippen molar-refractivity contribution in [2.45, 2.75) is 17.9 Å². The van der Waals surface area contributed by atoms with Gasteiger partial charge in [0.2, 0.25) is 0 Å². The van der Waals surface area contributed by atoms with Crippen LogP contribution < -0.4 is 5.32 Å². The van der Waals surface area contributed by atoms with E-state index in [4.69, 9.17) is 0 Å². The molecule has 7 heavy (non-hydrogen) atoms. The molecule has 1 aliphatic heterocycles. The van der Waals surface area contributed by atoms with Crippen molar-refractivity contribution in [1.29, 1.82) is 0 Å². The molecule has 4 atom stereocenters. The largest absolute Gasteiger partial charge is 0.310 e. The van der Waals surface area contributed by atoms with Gasteiger partial charge in [0.25, 0.3) is 0 Å². The maximum Gasteiger partial charge on any atom is 0.0217 e. The lowest BCUT2D eigenvalue weighted by Crippen LogP contribution is -2.13. The van der Waals surface area contributed by atoms with E-state index in [9.17, 15) is 0 Å². The van der Waals surface area contributed by atoms with Crippen molar-refractivity contribution in [3.8, 4) is 0 Å². The second-order valence-corrected chi connectivity index (χ2v) is 3.76. The molecule has 0 amide bonds. The van der Waals surface area contributed by atoms with Crippen LogP contribution in [0.3, 0.4) is 0 Å². The Bertz CT molecular complexity index is 58.7. The van der Waals surface area contributed by atoms with Gasteiger partial charge in [-0.2, -0.15) is 0 Å².